The molecule has 0 amide bonds. The number of methoxy groups -OCH3 is 2. The first kappa shape index (κ1) is 13.9. The minimum Gasteiger partial charge on any atom is -0.464 e. The Balaban J connectivity index is 2.19. The number of carbonyl (C=O) groups is 1. The summed E-state index contributed by atoms with van der Waals surface area (Å²) in [5.41, 5.74) is 0.320. The van der Waals surface area contributed by atoms with Crippen molar-refractivity contribution >= 4 is 22.4 Å². The van der Waals surface area contributed by atoms with E-state index in [9.17, 15) is 4.79 Å². The van der Waals surface area contributed by atoms with Gasteiger partial charge in [0.2, 0.25) is 0 Å². The van der Waals surface area contributed by atoms with Gasteiger partial charge in [0.1, 0.15) is 0 Å². The zero-order valence-electron chi connectivity index (χ0n) is 9.89. The summed E-state index contributed by atoms with van der Waals surface area (Å²) in [6.45, 7) is 2.36. The first-order valence-electron chi connectivity index (χ1n) is 5.12. The standard InChI is InChI=1S/C10H16N2O4S/c1-14-5-6-16-4-3-11-10-12-8(7-17-10)9(13)15-2/h7H,3-6H2,1-2H3,(H,11,12). The summed E-state index contributed by atoms with van der Waals surface area (Å²) in [4.78, 5) is 15.2. The fourth-order valence-corrected chi connectivity index (χ4v) is 1.74. The summed E-state index contributed by atoms with van der Waals surface area (Å²) in [5, 5.41) is 5.39. The molecule has 1 heterocycles. The maximum atomic E-state index is 11.1. The molecule has 0 spiro atoms. The highest BCUT2D eigenvalue weighted by molar-refractivity contribution is 7.13. The van der Waals surface area contributed by atoms with Gasteiger partial charge in [0.05, 0.1) is 26.9 Å². The van der Waals surface area contributed by atoms with Crippen LogP contribution in [0.4, 0.5) is 5.13 Å². The molecule has 0 fully saturated rings. The second kappa shape index (κ2) is 7.99. The maximum Gasteiger partial charge on any atom is 0.357 e. The van der Waals surface area contributed by atoms with Gasteiger partial charge in [-0.25, -0.2) is 9.78 Å². The molecule has 7 heteroatoms. The molecule has 1 rings (SSSR count). The summed E-state index contributed by atoms with van der Waals surface area (Å²) in [6, 6.07) is 0. The largest absolute Gasteiger partial charge is 0.464 e. The Bertz CT molecular complexity index is 343. The summed E-state index contributed by atoms with van der Waals surface area (Å²) >= 11 is 1.36. The van der Waals surface area contributed by atoms with Gasteiger partial charge in [-0.05, 0) is 0 Å². The van der Waals surface area contributed by atoms with Crippen molar-refractivity contribution in [1.82, 2.24) is 4.98 Å². The van der Waals surface area contributed by atoms with Crippen LogP contribution < -0.4 is 5.32 Å². The van der Waals surface area contributed by atoms with Gasteiger partial charge in [0.25, 0.3) is 0 Å². The lowest BCUT2D eigenvalue weighted by Crippen LogP contribution is -2.12. The van der Waals surface area contributed by atoms with E-state index in [1.54, 1.807) is 12.5 Å². The van der Waals surface area contributed by atoms with Gasteiger partial charge in [0, 0.05) is 19.0 Å². The molecule has 0 saturated carbocycles. The SMILES string of the molecule is COCCOCCNc1nc(C(=O)OC)cs1. The Morgan fingerprint density at radius 1 is 1.41 bits per heavy atom. The molecule has 1 N–H and O–H groups in total. The minimum absolute atomic E-state index is 0.320. The average molecular weight is 260 g/mol. The number of carbonyl (C=O) groups excluding carboxylic acids is 1. The fraction of sp³-hybridized carbons (Fsp3) is 0.600. The minimum atomic E-state index is -0.425. The molecule has 0 aromatic carbocycles. The van der Waals surface area contributed by atoms with Gasteiger partial charge in [-0.3, -0.25) is 0 Å². The number of hydrogen-bond acceptors (Lipinski definition) is 7. The highest BCUT2D eigenvalue weighted by Crippen LogP contribution is 2.15. The molecule has 96 valence electrons. The van der Waals surface area contributed by atoms with E-state index in [-0.39, 0.29) is 0 Å². The predicted molar refractivity (Wildman–Crippen MR) is 64.6 cm³/mol. The fourth-order valence-electron chi connectivity index (χ4n) is 1.03. The quantitative estimate of drug-likeness (QED) is 0.555. The van der Waals surface area contributed by atoms with E-state index < -0.39 is 5.97 Å². The van der Waals surface area contributed by atoms with E-state index in [0.717, 1.165) is 0 Å². The first-order chi connectivity index (χ1) is 8.27. The van der Waals surface area contributed by atoms with Crippen molar-refractivity contribution in [3.63, 3.8) is 0 Å². The number of thiazole rings is 1. The van der Waals surface area contributed by atoms with E-state index >= 15 is 0 Å². The molecular weight excluding hydrogens is 244 g/mol. The van der Waals surface area contributed by atoms with Crippen molar-refractivity contribution in [3.8, 4) is 0 Å². The molecular formula is C10H16N2O4S. The molecule has 6 nitrogen and oxygen atoms in total. The highest BCUT2D eigenvalue weighted by atomic mass is 32.1. The lowest BCUT2D eigenvalue weighted by Gasteiger charge is -2.03. The lowest BCUT2D eigenvalue weighted by atomic mass is 10.5. The topological polar surface area (TPSA) is 69.7 Å². The summed E-state index contributed by atoms with van der Waals surface area (Å²) < 4.78 is 14.7. The third-order valence-electron chi connectivity index (χ3n) is 1.85. The summed E-state index contributed by atoms with van der Waals surface area (Å²) in [5.74, 6) is -0.425. The van der Waals surface area contributed by atoms with Gasteiger partial charge in [-0.2, -0.15) is 0 Å². The Hall–Kier alpha value is -1.18. The normalized spacial score (nSPS) is 10.2. The van der Waals surface area contributed by atoms with Gasteiger partial charge in [0.15, 0.2) is 10.8 Å². The summed E-state index contributed by atoms with van der Waals surface area (Å²) in [6.07, 6.45) is 0. The number of aromatic nitrogens is 1. The number of esters is 1. The Kier molecular flexibility index (Phi) is 6.53. The van der Waals surface area contributed by atoms with Crippen molar-refractivity contribution in [2.75, 3.05) is 45.9 Å². The van der Waals surface area contributed by atoms with E-state index in [0.29, 0.717) is 37.2 Å². The van der Waals surface area contributed by atoms with Gasteiger partial charge >= 0.3 is 5.97 Å². The number of anilines is 1. The molecule has 0 bridgehead atoms. The van der Waals surface area contributed by atoms with Crippen LogP contribution in [0.25, 0.3) is 0 Å². The van der Waals surface area contributed by atoms with Crippen LogP contribution in [-0.4, -0.2) is 51.5 Å². The Morgan fingerprint density at radius 2 is 2.24 bits per heavy atom. The smallest absolute Gasteiger partial charge is 0.357 e. The first-order valence-corrected chi connectivity index (χ1v) is 6.00. The van der Waals surface area contributed by atoms with E-state index in [4.69, 9.17) is 9.47 Å². The molecule has 0 atom stereocenters. The van der Waals surface area contributed by atoms with Crippen molar-refractivity contribution in [2.24, 2.45) is 0 Å². The Labute approximate surface area is 104 Å². The molecule has 0 saturated heterocycles. The number of ether oxygens (including phenoxy) is 3. The number of nitrogens with one attached hydrogen (secondary N) is 1. The number of rotatable bonds is 8. The maximum absolute atomic E-state index is 11.1. The molecule has 0 radical (unpaired) electrons. The van der Waals surface area contributed by atoms with Gasteiger partial charge < -0.3 is 19.5 Å². The molecule has 1 aromatic rings. The second-order valence-electron chi connectivity index (χ2n) is 3.06. The third kappa shape index (κ3) is 5.12. The van der Waals surface area contributed by atoms with Crippen molar-refractivity contribution < 1.29 is 19.0 Å². The number of nitrogens with zero attached hydrogens (tertiary/aromatic N) is 1. The van der Waals surface area contributed by atoms with Gasteiger partial charge in [-0.15, -0.1) is 11.3 Å². The second-order valence-corrected chi connectivity index (χ2v) is 3.92. The van der Waals surface area contributed by atoms with Crippen LogP contribution in [-0.2, 0) is 14.2 Å². The third-order valence-corrected chi connectivity index (χ3v) is 2.65. The van der Waals surface area contributed by atoms with Crippen LogP contribution >= 0.6 is 11.3 Å². The van der Waals surface area contributed by atoms with Crippen molar-refractivity contribution in [2.45, 2.75) is 0 Å². The van der Waals surface area contributed by atoms with E-state index in [1.807, 2.05) is 0 Å². The van der Waals surface area contributed by atoms with Crippen LogP contribution in [0.1, 0.15) is 10.5 Å². The van der Waals surface area contributed by atoms with Crippen LogP contribution in [0.15, 0.2) is 5.38 Å². The van der Waals surface area contributed by atoms with Gasteiger partial charge in [-0.1, -0.05) is 0 Å². The van der Waals surface area contributed by atoms with Crippen LogP contribution in [0.3, 0.4) is 0 Å². The lowest BCUT2D eigenvalue weighted by molar-refractivity contribution is 0.0595. The van der Waals surface area contributed by atoms with Crippen LogP contribution in [0.5, 0.6) is 0 Å². The zero-order chi connectivity index (χ0) is 12.5. The molecule has 0 aliphatic carbocycles. The average Bonchev–Trinajstić information content (AvgIpc) is 2.81. The monoisotopic (exact) mass is 260 g/mol. The molecule has 0 aliphatic rings. The van der Waals surface area contributed by atoms with Crippen molar-refractivity contribution in [1.29, 1.82) is 0 Å². The summed E-state index contributed by atoms with van der Waals surface area (Å²) in [7, 11) is 2.96. The Morgan fingerprint density at radius 3 is 2.94 bits per heavy atom. The zero-order valence-corrected chi connectivity index (χ0v) is 10.7. The number of hydrogen-bond donors (Lipinski definition) is 1. The van der Waals surface area contributed by atoms with E-state index in [2.05, 4.69) is 15.0 Å². The molecule has 0 unspecified atom stereocenters. The van der Waals surface area contributed by atoms with Crippen LogP contribution in [0.2, 0.25) is 0 Å². The molecule has 1 aromatic heterocycles. The van der Waals surface area contributed by atoms with Crippen LogP contribution in [0, 0.1) is 0 Å². The molecule has 17 heavy (non-hydrogen) atoms. The van der Waals surface area contributed by atoms with E-state index in [1.165, 1.54) is 18.4 Å². The predicted octanol–water partition coefficient (Wildman–Crippen LogP) is 1.00. The van der Waals surface area contributed by atoms with Crippen molar-refractivity contribution in [3.05, 3.63) is 11.1 Å². The highest BCUT2D eigenvalue weighted by Gasteiger charge is 2.09. The molecule has 0 aliphatic heterocycles.